The van der Waals surface area contributed by atoms with E-state index in [2.05, 4.69) is 43.2 Å². The van der Waals surface area contributed by atoms with Crippen molar-refractivity contribution in [1.29, 1.82) is 0 Å². The molecule has 0 aliphatic heterocycles. The highest BCUT2D eigenvalue weighted by molar-refractivity contribution is 9.10. The summed E-state index contributed by atoms with van der Waals surface area (Å²) in [7, 11) is 1.92. The monoisotopic (exact) mass is 331 g/mol. The third kappa shape index (κ3) is 2.38. The Morgan fingerprint density at radius 2 is 2.15 bits per heavy atom. The van der Waals surface area contributed by atoms with Gasteiger partial charge >= 0.3 is 0 Å². The number of aryl methyl sites for hydroxylation is 2. The summed E-state index contributed by atoms with van der Waals surface area (Å²) in [5, 5.41) is 7.84. The molecule has 3 aromatic rings. The van der Waals surface area contributed by atoms with Crippen LogP contribution in [0.4, 0.5) is 11.4 Å². The van der Waals surface area contributed by atoms with Crippen molar-refractivity contribution < 1.29 is 0 Å². The number of fused-ring (bicyclic) bond motifs is 1. The minimum atomic E-state index is 0.849. The van der Waals surface area contributed by atoms with Crippen molar-refractivity contribution in [3.05, 3.63) is 40.9 Å². The Morgan fingerprint density at radius 3 is 2.95 bits per heavy atom. The van der Waals surface area contributed by atoms with Crippen LogP contribution in [-0.2, 0) is 13.5 Å². The summed E-state index contributed by atoms with van der Waals surface area (Å²) in [4.78, 5) is 8.78. The Labute approximate surface area is 125 Å². The van der Waals surface area contributed by atoms with Crippen LogP contribution >= 0.6 is 15.9 Å². The standard InChI is InChI=1S/C14H14BrN5/c1-3-10-13(8-20(2)19-10)18-11-4-5-16-12-6-9(15)7-17-14(11)12/h4-8H,3H2,1-2H3,(H,16,18). The molecule has 5 nitrogen and oxygen atoms in total. The predicted molar refractivity (Wildman–Crippen MR) is 83.1 cm³/mol. The van der Waals surface area contributed by atoms with Crippen LogP contribution in [0.5, 0.6) is 0 Å². The van der Waals surface area contributed by atoms with Gasteiger partial charge in [0.1, 0.15) is 5.52 Å². The highest BCUT2D eigenvalue weighted by Gasteiger charge is 2.09. The van der Waals surface area contributed by atoms with Crippen LogP contribution in [0.2, 0.25) is 0 Å². The minimum absolute atomic E-state index is 0.849. The molecule has 0 aromatic carbocycles. The van der Waals surface area contributed by atoms with Crippen molar-refractivity contribution >= 4 is 38.3 Å². The van der Waals surface area contributed by atoms with E-state index in [1.54, 1.807) is 12.4 Å². The van der Waals surface area contributed by atoms with Crippen molar-refractivity contribution in [2.24, 2.45) is 7.05 Å². The maximum atomic E-state index is 4.44. The zero-order chi connectivity index (χ0) is 14.1. The second-order valence-electron chi connectivity index (χ2n) is 4.52. The summed E-state index contributed by atoms with van der Waals surface area (Å²) in [5.41, 5.74) is 4.68. The number of nitrogens with one attached hydrogen (secondary N) is 1. The number of anilines is 2. The Morgan fingerprint density at radius 1 is 1.30 bits per heavy atom. The van der Waals surface area contributed by atoms with Crippen LogP contribution in [0.3, 0.4) is 0 Å². The zero-order valence-electron chi connectivity index (χ0n) is 11.3. The first kappa shape index (κ1) is 13.1. The summed E-state index contributed by atoms with van der Waals surface area (Å²) >= 11 is 3.41. The highest BCUT2D eigenvalue weighted by atomic mass is 79.9. The number of rotatable bonds is 3. The normalized spacial score (nSPS) is 10.9. The number of halogens is 1. The van der Waals surface area contributed by atoms with Gasteiger partial charge in [0.2, 0.25) is 0 Å². The Bertz CT molecular complexity index is 765. The Hall–Kier alpha value is -1.95. The second-order valence-corrected chi connectivity index (χ2v) is 5.44. The van der Waals surface area contributed by atoms with Gasteiger partial charge in [-0.15, -0.1) is 0 Å². The molecule has 0 spiro atoms. The lowest BCUT2D eigenvalue weighted by molar-refractivity contribution is 0.746. The molecular formula is C14H14BrN5. The first-order valence-electron chi connectivity index (χ1n) is 6.37. The fraction of sp³-hybridized carbons (Fsp3) is 0.214. The van der Waals surface area contributed by atoms with Crippen LogP contribution in [0.25, 0.3) is 11.0 Å². The van der Waals surface area contributed by atoms with Crippen LogP contribution in [0, 0.1) is 0 Å². The van der Waals surface area contributed by atoms with E-state index < -0.39 is 0 Å². The first-order valence-corrected chi connectivity index (χ1v) is 7.16. The minimum Gasteiger partial charge on any atom is -0.351 e. The molecular weight excluding hydrogens is 318 g/mol. The molecule has 0 saturated heterocycles. The smallest absolute Gasteiger partial charge is 0.112 e. The van der Waals surface area contributed by atoms with Gasteiger partial charge < -0.3 is 5.32 Å². The highest BCUT2D eigenvalue weighted by Crippen LogP contribution is 2.26. The van der Waals surface area contributed by atoms with Gasteiger partial charge in [-0.25, -0.2) is 0 Å². The van der Waals surface area contributed by atoms with E-state index in [-0.39, 0.29) is 0 Å². The molecule has 1 N–H and O–H groups in total. The quantitative estimate of drug-likeness (QED) is 0.798. The third-order valence-corrected chi connectivity index (χ3v) is 3.49. The number of hydrogen-bond donors (Lipinski definition) is 1. The molecule has 0 fully saturated rings. The molecule has 3 heterocycles. The van der Waals surface area contributed by atoms with Crippen molar-refractivity contribution in [3.63, 3.8) is 0 Å². The number of aromatic nitrogens is 4. The van der Waals surface area contributed by atoms with E-state index in [4.69, 9.17) is 0 Å². The lowest BCUT2D eigenvalue weighted by Gasteiger charge is -2.08. The maximum Gasteiger partial charge on any atom is 0.112 e. The van der Waals surface area contributed by atoms with E-state index in [0.29, 0.717) is 0 Å². The van der Waals surface area contributed by atoms with Gasteiger partial charge in [-0.05, 0) is 34.5 Å². The molecule has 3 rings (SSSR count). The molecule has 3 aromatic heterocycles. The van der Waals surface area contributed by atoms with E-state index in [9.17, 15) is 0 Å². The molecule has 0 bridgehead atoms. The average Bonchev–Trinajstić information content (AvgIpc) is 2.78. The van der Waals surface area contributed by atoms with E-state index >= 15 is 0 Å². The molecule has 102 valence electrons. The topological polar surface area (TPSA) is 55.6 Å². The average molecular weight is 332 g/mol. The molecule has 0 radical (unpaired) electrons. The molecule has 20 heavy (non-hydrogen) atoms. The summed E-state index contributed by atoms with van der Waals surface area (Å²) < 4.78 is 2.74. The van der Waals surface area contributed by atoms with E-state index in [1.807, 2.05) is 30.1 Å². The third-order valence-electron chi connectivity index (χ3n) is 3.05. The van der Waals surface area contributed by atoms with E-state index in [0.717, 1.165) is 39.0 Å². The van der Waals surface area contributed by atoms with Gasteiger partial charge in [-0.3, -0.25) is 14.6 Å². The van der Waals surface area contributed by atoms with Crippen molar-refractivity contribution in [2.75, 3.05) is 5.32 Å². The molecule has 6 heteroatoms. The SMILES string of the molecule is CCc1nn(C)cc1Nc1ccnc2cc(Br)cnc12. The van der Waals surface area contributed by atoms with Gasteiger partial charge in [0.15, 0.2) is 0 Å². The van der Waals surface area contributed by atoms with Crippen LogP contribution in [0.15, 0.2) is 35.2 Å². The van der Waals surface area contributed by atoms with Gasteiger partial charge in [0.25, 0.3) is 0 Å². The fourth-order valence-corrected chi connectivity index (χ4v) is 2.47. The molecule has 0 unspecified atom stereocenters. The van der Waals surface area contributed by atoms with Gasteiger partial charge in [-0.2, -0.15) is 5.10 Å². The van der Waals surface area contributed by atoms with Crippen LogP contribution in [-0.4, -0.2) is 19.7 Å². The van der Waals surface area contributed by atoms with Crippen LogP contribution < -0.4 is 5.32 Å². The Balaban J connectivity index is 2.06. The summed E-state index contributed by atoms with van der Waals surface area (Å²) in [5.74, 6) is 0. The second kappa shape index (κ2) is 5.20. The number of hydrogen-bond acceptors (Lipinski definition) is 4. The Kier molecular flexibility index (Phi) is 3.40. The number of nitrogens with zero attached hydrogens (tertiary/aromatic N) is 4. The van der Waals surface area contributed by atoms with Crippen LogP contribution in [0.1, 0.15) is 12.6 Å². The fourth-order valence-electron chi connectivity index (χ4n) is 2.15. The van der Waals surface area contributed by atoms with Gasteiger partial charge in [-0.1, -0.05) is 6.92 Å². The molecule has 0 saturated carbocycles. The lowest BCUT2D eigenvalue weighted by Crippen LogP contribution is -1.96. The maximum absolute atomic E-state index is 4.44. The summed E-state index contributed by atoms with van der Waals surface area (Å²) in [6, 6.07) is 3.88. The zero-order valence-corrected chi connectivity index (χ0v) is 12.8. The largest absolute Gasteiger partial charge is 0.351 e. The van der Waals surface area contributed by atoms with Crippen molar-refractivity contribution in [2.45, 2.75) is 13.3 Å². The number of pyridine rings is 2. The van der Waals surface area contributed by atoms with Crippen molar-refractivity contribution in [1.82, 2.24) is 19.7 Å². The summed E-state index contributed by atoms with van der Waals surface area (Å²) in [6.45, 7) is 2.09. The van der Waals surface area contributed by atoms with Gasteiger partial charge in [0, 0.05) is 30.1 Å². The molecule has 0 aliphatic rings. The molecule has 0 aliphatic carbocycles. The van der Waals surface area contributed by atoms with Gasteiger partial charge in [0.05, 0.1) is 22.6 Å². The molecule has 0 atom stereocenters. The molecule has 0 amide bonds. The van der Waals surface area contributed by atoms with Crippen molar-refractivity contribution in [3.8, 4) is 0 Å². The summed E-state index contributed by atoms with van der Waals surface area (Å²) in [6.07, 6.45) is 6.41. The predicted octanol–water partition coefficient (Wildman–Crippen LogP) is 3.43. The van der Waals surface area contributed by atoms with E-state index in [1.165, 1.54) is 0 Å². The lowest BCUT2D eigenvalue weighted by atomic mass is 10.2. The first-order chi connectivity index (χ1) is 9.67.